The highest BCUT2D eigenvalue weighted by Crippen LogP contribution is 2.13. The van der Waals surface area contributed by atoms with Gasteiger partial charge in [-0.1, -0.05) is 6.07 Å². The maximum absolute atomic E-state index is 10.9. The van der Waals surface area contributed by atoms with Crippen molar-refractivity contribution in [3.8, 4) is 0 Å². The minimum atomic E-state index is -0.680. The van der Waals surface area contributed by atoms with E-state index in [1.807, 2.05) is 17.5 Å². The lowest BCUT2D eigenvalue weighted by Gasteiger charge is -1.95. The van der Waals surface area contributed by atoms with E-state index < -0.39 is 5.91 Å². The highest BCUT2D eigenvalue weighted by atomic mass is 32.1. The van der Waals surface area contributed by atoms with Crippen molar-refractivity contribution in [1.29, 1.82) is 0 Å². The Morgan fingerprint density at radius 2 is 2.23 bits per heavy atom. The van der Waals surface area contributed by atoms with Crippen LogP contribution in [0.4, 0.5) is 0 Å². The number of hydrogen-bond acceptors (Lipinski definition) is 3. The SMILES string of the molecule is CC(=O)C(=Cc1cccs1)C(N)=O. The van der Waals surface area contributed by atoms with Crippen LogP contribution in [0, 0.1) is 0 Å². The van der Waals surface area contributed by atoms with E-state index in [4.69, 9.17) is 5.73 Å². The second-order valence-electron chi connectivity index (χ2n) is 2.49. The average molecular weight is 195 g/mol. The highest BCUT2D eigenvalue weighted by Gasteiger charge is 2.10. The van der Waals surface area contributed by atoms with Crippen LogP contribution < -0.4 is 5.73 Å². The van der Waals surface area contributed by atoms with Crippen molar-refractivity contribution in [1.82, 2.24) is 0 Å². The van der Waals surface area contributed by atoms with Crippen molar-refractivity contribution >= 4 is 29.1 Å². The normalized spacial score (nSPS) is 11.3. The fraction of sp³-hybridized carbons (Fsp3) is 0.111. The molecule has 0 aliphatic heterocycles. The summed E-state index contributed by atoms with van der Waals surface area (Å²) in [4.78, 5) is 22.6. The van der Waals surface area contributed by atoms with E-state index in [1.54, 1.807) is 0 Å². The molecule has 0 saturated heterocycles. The van der Waals surface area contributed by atoms with Crippen molar-refractivity contribution < 1.29 is 9.59 Å². The summed E-state index contributed by atoms with van der Waals surface area (Å²) in [7, 11) is 0. The molecular formula is C9H9NO2S. The molecule has 0 spiro atoms. The van der Waals surface area contributed by atoms with E-state index in [0.29, 0.717) is 0 Å². The van der Waals surface area contributed by atoms with Crippen LogP contribution in [0.2, 0.25) is 0 Å². The second-order valence-corrected chi connectivity index (χ2v) is 3.47. The van der Waals surface area contributed by atoms with E-state index in [0.717, 1.165) is 4.88 Å². The van der Waals surface area contributed by atoms with Gasteiger partial charge in [-0.25, -0.2) is 0 Å². The Kier molecular flexibility index (Phi) is 2.97. The largest absolute Gasteiger partial charge is 0.365 e. The Morgan fingerprint density at radius 1 is 1.54 bits per heavy atom. The van der Waals surface area contributed by atoms with E-state index in [1.165, 1.54) is 24.3 Å². The predicted molar refractivity (Wildman–Crippen MR) is 52.2 cm³/mol. The van der Waals surface area contributed by atoms with E-state index in [9.17, 15) is 9.59 Å². The predicted octanol–water partition coefficient (Wildman–Crippen LogP) is 1.21. The lowest BCUT2D eigenvalue weighted by atomic mass is 10.1. The summed E-state index contributed by atoms with van der Waals surface area (Å²) in [6.45, 7) is 1.32. The average Bonchev–Trinajstić information content (AvgIpc) is 2.50. The monoisotopic (exact) mass is 195 g/mol. The topological polar surface area (TPSA) is 60.2 Å². The van der Waals surface area contributed by atoms with Crippen LogP contribution in [0.15, 0.2) is 23.1 Å². The number of primary amides is 1. The third kappa shape index (κ3) is 2.52. The molecule has 1 heterocycles. The fourth-order valence-electron chi connectivity index (χ4n) is 0.862. The molecule has 0 fully saturated rings. The Hall–Kier alpha value is -1.42. The number of thiophene rings is 1. The zero-order chi connectivity index (χ0) is 9.84. The van der Waals surface area contributed by atoms with Crippen LogP contribution in [0.3, 0.4) is 0 Å². The summed E-state index contributed by atoms with van der Waals surface area (Å²) in [5.74, 6) is -0.984. The fourth-order valence-corrected chi connectivity index (χ4v) is 1.52. The lowest BCUT2D eigenvalue weighted by molar-refractivity contribution is -0.119. The molecule has 0 bridgehead atoms. The first kappa shape index (κ1) is 9.67. The third-order valence-electron chi connectivity index (χ3n) is 1.47. The molecule has 0 atom stereocenters. The van der Waals surface area contributed by atoms with Gasteiger partial charge in [-0.15, -0.1) is 11.3 Å². The molecule has 0 radical (unpaired) electrons. The van der Waals surface area contributed by atoms with Gasteiger partial charge < -0.3 is 5.73 Å². The molecular weight excluding hydrogens is 186 g/mol. The van der Waals surface area contributed by atoms with E-state index in [-0.39, 0.29) is 11.4 Å². The first-order valence-electron chi connectivity index (χ1n) is 3.67. The number of ketones is 1. The van der Waals surface area contributed by atoms with Crippen LogP contribution in [-0.2, 0) is 9.59 Å². The number of carbonyl (C=O) groups excluding carboxylic acids is 2. The van der Waals surface area contributed by atoms with Crippen molar-refractivity contribution in [2.75, 3.05) is 0 Å². The Balaban J connectivity index is 3.01. The number of carbonyl (C=O) groups is 2. The molecule has 0 saturated carbocycles. The van der Waals surface area contributed by atoms with E-state index >= 15 is 0 Å². The summed E-state index contributed by atoms with van der Waals surface area (Å²) in [6.07, 6.45) is 1.51. The number of amides is 1. The molecule has 1 amide bonds. The van der Waals surface area contributed by atoms with Gasteiger partial charge in [-0.2, -0.15) is 0 Å². The van der Waals surface area contributed by atoms with Crippen LogP contribution in [0.25, 0.3) is 6.08 Å². The van der Waals surface area contributed by atoms with Gasteiger partial charge in [0.05, 0.1) is 5.57 Å². The number of hydrogen-bond donors (Lipinski definition) is 1. The Bertz CT molecular complexity index is 336. The van der Waals surface area contributed by atoms with Gasteiger partial charge in [-0.3, -0.25) is 9.59 Å². The summed E-state index contributed by atoms with van der Waals surface area (Å²) in [6, 6.07) is 3.66. The Morgan fingerprint density at radius 3 is 2.62 bits per heavy atom. The molecule has 1 aromatic heterocycles. The lowest BCUT2D eigenvalue weighted by Crippen LogP contribution is -2.18. The summed E-state index contributed by atoms with van der Waals surface area (Å²) in [5.41, 5.74) is 5.07. The van der Waals surface area contributed by atoms with Gasteiger partial charge >= 0.3 is 0 Å². The van der Waals surface area contributed by atoms with E-state index in [2.05, 4.69) is 0 Å². The first-order valence-corrected chi connectivity index (χ1v) is 4.55. The van der Waals surface area contributed by atoms with Crippen molar-refractivity contribution in [2.45, 2.75) is 6.92 Å². The molecule has 3 nitrogen and oxygen atoms in total. The minimum absolute atomic E-state index is 0.0439. The molecule has 0 unspecified atom stereocenters. The van der Waals surface area contributed by atoms with Crippen molar-refractivity contribution in [3.05, 3.63) is 28.0 Å². The molecule has 1 aromatic rings. The van der Waals surface area contributed by atoms with Gasteiger partial charge in [0, 0.05) is 4.88 Å². The number of Topliss-reactive ketones (excluding diaryl/α,β-unsaturated/α-hetero) is 1. The van der Waals surface area contributed by atoms with Gasteiger partial charge in [0.1, 0.15) is 0 Å². The number of rotatable bonds is 3. The minimum Gasteiger partial charge on any atom is -0.365 e. The molecule has 68 valence electrons. The van der Waals surface area contributed by atoms with Crippen LogP contribution in [-0.4, -0.2) is 11.7 Å². The van der Waals surface area contributed by atoms with Gasteiger partial charge in [0.2, 0.25) is 0 Å². The van der Waals surface area contributed by atoms with Crippen LogP contribution in [0.5, 0.6) is 0 Å². The van der Waals surface area contributed by atoms with Crippen LogP contribution in [0.1, 0.15) is 11.8 Å². The second kappa shape index (κ2) is 4.00. The smallest absolute Gasteiger partial charge is 0.252 e. The Labute approximate surface area is 79.9 Å². The van der Waals surface area contributed by atoms with Gasteiger partial charge in [-0.05, 0) is 24.4 Å². The third-order valence-corrected chi connectivity index (χ3v) is 2.29. The number of nitrogens with two attached hydrogens (primary N) is 1. The summed E-state index contributed by atoms with van der Waals surface area (Å²) in [5, 5.41) is 1.87. The first-order chi connectivity index (χ1) is 6.11. The maximum atomic E-state index is 10.9. The molecule has 0 aliphatic carbocycles. The molecule has 2 N–H and O–H groups in total. The molecule has 0 aliphatic rings. The standard InChI is InChI=1S/C9H9NO2S/c1-6(11)8(9(10)12)5-7-3-2-4-13-7/h2-5H,1H3,(H2,10,12). The molecule has 13 heavy (non-hydrogen) atoms. The zero-order valence-electron chi connectivity index (χ0n) is 7.11. The van der Waals surface area contributed by atoms with Crippen LogP contribution >= 0.6 is 11.3 Å². The zero-order valence-corrected chi connectivity index (χ0v) is 7.93. The molecule has 1 rings (SSSR count). The quantitative estimate of drug-likeness (QED) is 0.447. The molecule has 0 aromatic carbocycles. The molecule has 4 heteroatoms. The van der Waals surface area contributed by atoms with Crippen molar-refractivity contribution in [2.24, 2.45) is 5.73 Å². The maximum Gasteiger partial charge on any atom is 0.252 e. The van der Waals surface area contributed by atoms with Gasteiger partial charge in [0.15, 0.2) is 5.78 Å². The van der Waals surface area contributed by atoms with Crippen molar-refractivity contribution in [3.63, 3.8) is 0 Å². The highest BCUT2D eigenvalue weighted by molar-refractivity contribution is 7.10. The van der Waals surface area contributed by atoms with Gasteiger partial charge in [0.25, 0.3) is 5.91 Å². The summed E-state index contributed by atoms with van der Waals surface area (Å²) >= 11 is 1.45. The summed E-state index contributed by atoms with van der Waals surface area (Å²) < 4.78 is 0.